The zero-order valence-corrected chi connectivity index (χ0v) is 14.7. The third-order valence-electron chi connectivity index (χ3n) is 3.82. The van der Waals surface area contributed by atoms with Crippen molar-refractivity contribution in [2.75, 3.05) is 5.32 Å². The molecule has 0 bridgehead atoms. The lowest BCUT2D eigenvalue weighted by molar-refractivity contribution is -0.384. The van der Waals surface area contributed by atoms with E-state index in [4.69, 9.17) is 11.6 Å². The lowest BCUT2D eigenvalue weighted by atomic mass is 10.2. The predicted molar refractivity (Wildman–Crippen MR) is 102 cm³/mol. The number of carbonyl (C=O) groups is 1. The third-order valence-corrected chi connectivity index (χ3v) is 4.06. The molecule has 0 aliphatic heterocycles. The monoisotopic (exact) mass is 383 g/mol. The maximum absolute atomic E-state index is 12.6. The Kier molecular flexibility index (Phi) is 5.33. The number of benzene rings is 2. The number of nitrogens with one attached hydrogen (secondary N) is 1. The first-order chi connectivity index (χ1) is 12.9. The maximum atomic E-state index is 12.6. The number of pyridine rings is 1. The minimum absolute atomic E-state index is 0.0390. The average Bonchev–Trinajstić information content (AvgIpc) is 2.63. The van der Waals surface area contributed by atoms with Gasteiger partial charge in [0.1, 0.15) is 5.56 Å². The Balaban J connectivity index is 1.85. The molecular weight excluding hydrogens is 370 g/mol. The van der Waals surface area contributed by atoms with Crippen LogP contribution in [0.3, 0.4) is 0 Å². The molecule has 0 unspecified atom stereocenters. The van der Waals surface area contributed by atoms with Gasteiger partial charge in [-0.15, -0.1) is 0 Å². The molecular formula is C19H14ClN3O4. The van der Waals surface area contributed by atoms with Crippen LogP contribution in [0.5, 0.6) is 0 Å². The molecule has 7 nitrogen and oxygen atoms in total. The summed E-state index contributed by atoms with van der Waals surface area (Å²) >= 11 is 5.89. The number of aromatic nitrogens is 1. The number of amides is 1. The van der Waals surface area contributed by atoms with Gasteiger partial charge in [0.05, 0.1) is 11.5 Å². The molecule has 0 saturated carbocycles. The van der Waals surface area contributed by atoms with Gasteiger partial charge in [-0.1, -0.05) is 29.8 Å². The number of nitro benzene ring substituents is 1. The zero-order valence-electron chi connectivity index (χ0n) is 14.0. The van der Waals surface area contributed by atoms with Gasteiger partial charge < -0.3 is 9.88 Å². The highest BCUT2D eigenvalue weighted by atomic mass is 35.5. The van der Waals surface area contributed by atoms with Gasteiger partial charge in [0.15, 0.2) is 0 Å². The SMILES string of the molecule is O=C(Nc1cccc(Cl)c1)c1cccn(Cc2cccc([N+](=O)[O-])c2)c1=O. The maximum Gasteiger partial charge on any atom is 0.269 e. The van der Waals surface area contributed by atoms with Crippen LogP contribution >= 0.6 is 11.6 Å². The molecule has 0 radical (unpaired) electrons. The molecule has 8 heteroatoms. The standard InChI is InChI=1S/C19H14ClN3O4/c20-14-5-2-6-15(11-14)21-18(24)17-8-3-9-22(19(17)25)12-13-4-1-7-16(10-13)23(26)27/h1-11H,12H2,(H,21,24). The van der Waals surface area contributed by atoms with Gasteiger partial charge in [0.25, 0.3) is 17.2 Å². The van der Waals surface area contributed by atoms with Crippen LogP contribution in [0.4, 0.5) is 11.4 Å². The first-order valence-corrected chi connectivity index (χ1v) is 8.31. The van der Waals surface area contributed by atoms with E-state index in [1.807, 2.05) is 0 Å². The van der Waals surface area contributed by atoms with Gasteiger partial charge in [0, 0.05) is 29.0 Å². The first kappa shape index (κ1) is 18.3. The summed E-state index contributed by atoms with van der Waals surface area (Å²) in [6, 6.07) is 15.6. The van der Waals surface area contributed by atoms with Crippen LogP contribution < -0.4 is 10.9 Å². The summed E-state index contributed by atoms with van der Waals surface area (Å²) in [6.45, 7) is 0.110. The Morgan fingerprint density at radius 2 is 1.89 bits per heavy atom. The molecule has 0 fully saturated rings. The summed E-state index contributed by atoms with van der Waals surface area (Å²) < 4.78 is 1.33. The number of hydrogen-bond donors (Lipinski definition) is 1. The summed E-state index contributed by atoms with van der Waals surface area (Å²) in [6.07, 6.45) is 1.53. The van der Waals surface area contributed by atoms with Crippen LogP contribution in [0.25, 0.3) is 0 Å². The van der Waals surface area contributed by atoms with E-state index in [9.17, 15) is 19.7 Å². The number of hydrogen-bond acceptors (Lipinski definition) is 4. The van der Waals surface area contributed by atoms with Gasteiger partial charge in [0.2, 0.25) is 0 Å². The Morgan fingerprint density at radius 3 is 2.63 bits per heavy atom. The molecule has 0 aliphatic carbocycles. The molecule has 2 aromatic carbocycles. The van der Waals surface area contributed by atoms with Gasteiger partial charge >= 0.3 is 0 Å². The van der Waals surface area contributed by atoms with E-state index in [0.29, 0.717) is 16.3 Å². The van der Waals surface area contributed by atoms with Gasteiger partial charge in [-0.3, -0.25) is 19.7 Å². The predicted octanol–water partition coefficient (Wildman–Crippen LogP) is 3.71. The number of non-ortho nitro benzene ring substituents is 1. The second-order valence-electron chi connectivity index (χ2n) is 5.75. The van der Waals surface area contributed by atoms with E-state index in [1.54, 1.807) is 42.5 Å². The van der Waals surface area contributed by atoms with Crippen molar-refractivity contribution in [1.82, 2.24) is 4.57 Å². The summed E-state index contributed by atoms with van der Waals surface area (Å²) in [5.74, 6) is -0.560. The van der Waals surface area contributed by atoms with E-state index < -0.39 is 16.4 Å². The van der Waals surface area contributed by atoms with Crippen molar-refractivity contribution < 1.29 is 9.72 Å². The van der Waals surface area contributed by atoms with Crippen molar-refractivity contribution in [1.29, 1.82) is 0 Å². The van der Waals surface area contributed by atoms with Crippen LogP contribution in [0, 0.1) is 10.1 Å². The largest absolute Gasteiger partial charge is 0.322 e. The summed E-state index contributed by atoms with van der Waals surface area (Å²) in [7, 11) is 0. The van der Waals surface area contributed by atoms with E-state index >= 15 is 0 Å². The van der Waals surface area contributed by atoms with Crippen molar-refractivity contribution in [2.45, 2.75) is 6.54 Å². The fraction of sp³-hybridized carbons (Fsp3) is 0.0526. The Morgan fingerprint density at radius 1 is 1.11 bits per heavy atom. The highest BCUT2D eigenvalue weighted by Gasteiger charge is 2.13. The van der Waals surface area contributed by atoms with Crippen molar-refractivity contribution in [3.8, 4) is 0 Å². The molecule has 0 atom stereocenters. The molecule has 1 amide bonds. The van der Waals surface area contributed by atoms with Gasteiger partial charge in [-0.25, -0.2) is 0 Å². The third kappa shape index (κ3) is 4.39. The average molecular weight is 384 g/mol. The fourth-order valence-electron chi connectivity index (χ4n) is 2.56. The molecule has 1 N–H and O–H groups in total. The van der Waals surface area contributed by atoms with Crippen LogP contribution in [0.15, 0.2) is 71.7 Å². The highest BCUT2D eigenvalue weighted by Crippen LogP contribution is 2.16. The number of anilines is 1. The smallest absolute Gasteiger partial charge is 0.269 e. The zero-order chi connectivity index (χ0) is 19.4. The van der Waals surface area contributed by atoms with E-state index in [2.05, 4.69) is 5.32 Å². The second kappa shape index (κ2) is 7.84. The summed E-state index contributed by atoms with van der Waals surface area (Å²) in [5, 5.41) is 14.0. The topological polar surface area (TPSA) is 94.2 Å². The van der Waals surface area contributed by atoms with Crippen molar-refractivity contribution in [2.24, 2.45) is 0 Å². The molecule has 0 saturated heterocycles. The number of halogens is 1. The lowest BCUT2D eigenvalue weighted by Gasteiger charge is -2.09. The fourth-order valence-corrected chi connectivity index (χ4v) is 2.75. The van der Waals surface area contributed by atoms with Gasteiger partial charge in [-0.05, 0) is 35.9 Å². The molecule has 1 aromatic heterocycles. The molecule has 3 aromatic rings. The second-order valence-corrected chi connectivity index (χ2v) is 6.18. The quantitative estimate of drug-likeness (QED) is 0.536. The summed E-state index contributed by atoms with van der Waals surface area (Å²) in [4.78, 5) is 35.5. The molecule has 1 heterocycles. The Hall–Kier alpha value is -3.45. The Labute approximate surface area is 159 Å². The molecule has 136 valence electrons. The number of rotatable bonds is 5. The lowest BCUT2D eigenvalue weighted by Crippen LogP contribution is -2.29. The number of nitro groups is 1. The van der Waals surface area contributed by atoms with Gasteiger partial charge in [-0.2, -0.15) is 0 Å². The minimum Gasteiger partial charge on any atom is -0.322 e. The summed E-state index contributed by atoms with van der Waals surface area (Å²) in [5.41, 5.74) is 0.460. The number of carbonyl (C=O) groups excluding carboxylic acids is 1. The molecule has 0 spiro atoms. The molecule has 27 heavy (non-hydrogen) atoms. The number of nitrogens with zero attached hydrogens (tertiary/aromatic N) is 2. The van der Waals surface area contributed by atoms with Crippen molar-refractivity contribution in [3.63, 3.8) is 0 Å². The van der Waals surface area contributed by atoms with Crippen LogP contribution in [0.2, 0.25) is 5.02 Å². The van der Waals surface area contributed by atoms with E-state index in [0.717, 1.165) is 0 Å². The van der Waals surface area contributed by atoms with E-state index in [1.165, 1.54) is 29.0 Å². The van der Waals surface area contributed by atoms with Crippen LogP contribution in [0.1, 0.15) is 15.9 Å². The molecule has 0 aliphatic rings. The Bertz CT molecular complexity index is 1080. The normalized spacial score (nSPS) is 10.4. The van der Waals surface area contributed by atoms with Crippen molar-refractivity contribution in [3.05, 3.63) is 103 Å². The van der Waals surface area contributed by atoms with E-state index in [-0.39, 0.29) is 17.8 Å². The van der Waals surface area contributed by atoms with Crippen LogP contribution in [-0.2, 0) is 6.54 Å². The van der Waals surface area contributed by atoms with Crippen molar-refractivity contribution >= 4 is 28.9 Å². The van der Waals surface area contributed by atoms with Crippen LogP contribution in [-0.4, -0.2) is 15.4 Å². The molecule has 3 rings (SSSR count). The first-order valence-electron chi connectivity index (χ1n) is 7.94. The highest BCUT2D eigenvalue weighted by molar-refractivity contribution is 6.30. The minimum atomic E-state index is -0.560.